The van der Waals surface area contributed by atoms with E-state index in [-0.39, 0.29) is 11.4 Å². The number of hydrogen-bond acceptors (Lipinski definition) is 5. The number of benzene rings is 1. The summed E-state index contributed by atoms with van der Waals surface area (Å²) in [4.78, 5) is 11.5. The highest BCUT2D eigenvalue weighted by Crippen LogP contribution is 2.24. The summed E-state index contributed by atoms with van der Waals surface area (Å²) >= 11 is 1.18. The van der Waals surface area contributed by atoms with Crippen molar-refractivity contribution >= 4 is 23.4 Å². The fourth-order valence-corrected chi connectivity index (χ4v) is 1.92. The van der Waals surface area contributed by atoms with Gasteiger partial charge in [0, 0.05) is 11.3 Å². The molecule has 6 heteroatoms. The van der Waals surface area contributed by atoms with Crippen LogP contribution >= 0.6 is 11.8 Å². The quantitative estimate of drug-likeness (QED) is 0.522. The third-order valence-electron chi connectivity index (χ3n) is 2.45. The van der Waals surface area contributed by atoms with Crippen LogP contribution in [0, 0.1) is 24.1 Å². The third kappa shape index (κ3) is 3.48. The molecule has 19 heavy (non-hydrogen) atoms. The van der Waals surface area contributed by atoms with Gasteiger partial charge in [0.15, 0.2) is 5.57 Å². The van der Waals surface area contributed by atoms with Crippen LogP contribution in [-0.4, -0.2) is 19.3 Å². The summed E-state index contributed by atoms with van der Waals surface area (Å²) in [5.41, 5.74) is 0.774. The average Bonchev–Trinajstić information content (AvgIpc) is 2.42. The van der Waals surface area contributed by atoms with E-state index in [1.807, 2.05) is 0 Å². The molecule has 1 N–H and O–H groups in total. The van der Waals surface area contributed by atoms with Gasteiger partial charge in [-0.25, -0.2) is 9.18 Å². The van der Waals surface area contributed by atoms with E-state index in [2.05, 4.69) is 10.1 Å². The lowest BCUT2D eigenvalue weighted by molar-refractivity contribution is -0.135. The number of halogens is 1. The highest BCUT2D eigenvalue weighted by atomic mass is 32.2. The predicted molar refractivity (Wildman–Crippen MR) is 72.9 cm³/mol. The molecule has 0 aromatic heterocycles. The lowest BCUT2D eigenvalue weighted by Crippen LogP contribution is -2.10. The lowest BCUT2D eigenvalue weighted by atomic mass is 10.2. The molecule has 0 bridgehead atoms. The number of thioether (sulfide) groups is 1. The smallest absolute Gasteiger partial charge is 0.351 e. The summed E-state index contributed by atoms with van der Waals surface area (Å²) in [6, 6.07) is 6.34. The summed E-state index contributed by atoms with van der Waals surface area (Å²) < 4.78 is 18.0. The second-order valence-corrected chi connectivity index (χ2v) is 4.37. The zero-order valence-corrected chi connectivity index (χ0v) is 11.6. The first kappa shape index (κ1) is 15.1. The molecule has 100 valence electrons. The number of esters is 1. The van der Waals surface area contributed by atoms with Gasteiger partial charge in [0.2, 0.25) is 0 Å². The van der Waals surface area contributed by atoms with E-state index in [1.54, 1.807) is 31.4 Å². The van der Waals surface area contributed by atoms with Gasteiger partial charge in [-0.05, 0) is 25.3 Å². The Morgan fingerprint density at radius 3 is 2.74 bits per heavy atom. The van der Waals surface area contributed by atoms with Crippen molar-refractivity contribution < 1.29 is 13.9 Å². The van der Waals surface area contributed by atoms with Crippen LogP contribution in [0.15, 0.2) is 28.8 Å². The van der Waals surface area contributed by atoms with E-state index >= 15 is 0 Å². The summed E-state index contributed by atoms with van der Waals surface area (Å²) in [6.45, 7) is 1.61. The summed E-state index contributed by atoms with van der Waals surface area (Å²) in [5, 5.41) is 12.2. The molecular formula is C13H13FN2O2S. The first-order valence-corrected chi connectivity index (χ1v) is 6.56. The van der Waals surface area contributed by atoms with E-state index < -0.39 is 5.97 Å². The fourth-order valence-electron chi connectivity index (χ4n) is 1.37. The van der Waals surface area contributed by atoms with E-state index in [4.69, 9.17) is 5.26 Å². The molecular weight excluding hydrogens is 267 g/mol. The number of nitrogens with one attached hydrogen (secondary N) is 1. The van der Waals surface area contributed by atoms with E-state index in [0.717, 1.165) is 0 Å². The zero-order chi connectivity index (χ0) is 14.4. The maximum Gasteiger partial charge on any atom is 0.351 e. The minimum absolute atomic E-state index is 0.140. The fraction of sp³-hybridized carbons (Fsp3) is 0.231. The number of ether oxygens (including phenoxy) is 1. The minimum Gasteiger partial charge on any atom is -0.465 e. The van der Waals surface area contributed by atoms with Crippen LogP contribution in [-0.2, 0) is 9.53 Å². The van der Waals surface area contributed by atoms with Gasteiger partial charge in [-0.2, -0.15) is 5.26 Å². The van der Waals surface area contributed by atoms with Gasteiger partial charge in [-0.3, -0.25) is 0 Å². The van der Waals surface area contributed by atoms with Gasteiger partial charge < -0.3 is 10.1 Å². The first-order valence-electron chi connectivity index (χ1n) is 5.34. The van der Waals surface area contributed by atoms with Crippen molar-refractivity contribution in [2.45, 2.75) is 6.92 Å². The second-order valence-electron chi connectivity index (χ2n) is 3.55. The van der Waals surface area contributed by atoms with Crippen molar-refractivity contribution in [3.8, 4) is 6.07 Å². The number of nitriles is 1. The Labute approximate surface area is 115 Å². The number of anilines is 1. The van der Waals surface area contributed by atoms with E-state index in [0.29, 0.717) is 16.3 Å². The SMILES string of the molecule is COC(=O)/C(C#N)=C(/Nc1cccc(F)c1C)SC. The monoisotopic (exact) mass is 280 g/mol. The average molecular weight is 280 g/mol. The van der Waals surface area contributed by atoms with Crippen LogP contribution in [0.5, 0.6) is 0 Å². The van der Waals surface area contributed by atoms with Gasteiger partial charge in [0.05, 0.1) is 12.1 Å². The van der Waals surface area contributed by atoms with Gasteiger partial charge in [-0.1, -0.05) is 6.07 Å². The normalized spacial score (nSPS) is 11.3. The maximum atomic E-state index is 13.4. The van der Waals surface area contributed by atoms with Crippen LogP contribution in [0.4, 0.5) is 10.1 Å². The van der Waals surface area contributed by atoms with Gasteiger partial charge in [0.1, 0.15) is 11.9 Å². The lowest BCUT2D eigenvalue weighted by Gasteiger charge is -2.12. The Morgan fingerprint density at radius 2 is 2.21 bits per heavy atom. The molecule has 0 aliphatic heterocycles. The Hall–Kier alpha value is -2.00. The molecule has 4 nitrogen and oxygen atoms in total. The van der Waals surface area contributed by atoms with Crippen LogP contribution in [0.2, 0.25) is 0 Å². The van der Waals surface area contributed by atoms with Gasteiger partial charge in [0.25, 0.3) is 0 Å². The highest BCUT2D eigenvalue weighted by Gasteiger charge is 2.16. The van der Waals surface area contributed by atoms with Gasteiger partial charge >= 0.3 is 5.97 Å². The highest BCUT2D eigenvalue weighted by molar-refractivity contribution is 8.02. The van der Waals surface area contributed by atoms with Crippen LogP contribution in [0.1, 0.15) is 5.56 Å². The third-order valence-corrected chi connectivity index (χ3v) is 3.16. The molecule has 0 spiro atoms. The number of methoxy groups -OCH3 is 1. The summed E-state index contributed by atoms with van der Waals surface area (Å²) in [7, 11) is 1.20. The number of carbonyl (C=O) groups is 1. The van der Waals surface area contributed by atoms with Gasteiger partial charge in [-0.15, -0.1) is 11.8 Å². The molecule has 0 unspecified atom stereocenters. The Balaban J connectivity index is 3.19. The molecule has 1 aromatic rings. The molecule has 0 aliphatic carbocycles. The minimum atomic E-state index is -0.728. The molecule has 0 saturated heterocycles. The van der Waals surface area contributed by atoms with Crippen molar-refractivity contribution in [1.82, 2.24) is 0 Å². The van der Waals surface area contributed by atoms with Crippen molar-refractivity contribution in [1.29, 1.82) is 5.26 Å². The first-order chi connectivity index (χ1) is 9.04. The summed E-state index contributed by atoms with van der Waals surface area (Å²) in [5.74, 6) is -1.09. The standard InChI is InChI=1S/C13H13FN2O2S/c1-8-10(14)5-4-6-11(8)16-12(19-3)9(7-15)13(17)18-2/h4-6,16H,1-3H3/b12-9-. The van der Waals surface area contributed by atoms with Crippen LogP contribution < -0.4 is 5.32 Å². The largest absolute Gasteiger partial charge is 0.465 e. The maximum absolute atomic E-state index is 13.4. The molecule has 0 heterocycles. The Kier molecular flexibility index (Phi) is 5.39. The molecule has 1 rings (SSSR count). The van der Waals surface area contributed by atoms with E-state index in [9.17, 15) is 9.18 Å². The van der Waals surface area contributed by atoms with E-state index in [1.165, 1.54) is 24.9 Å². The number of carbonyl (C=O) groups excluding carboxylic acids is 1. The van der Waals surface area contributed by atoms with Crippen LogP contribution in [0.3, 0.4) is 0 Å². The number of rotatable bonds is 4. The predicted octanol–water partition coefficient (Wildman–Crippen LogP) is 2.82. The molecule has 0 amide bonds. The topological polar surface area (TPSA) is 62.1 Å². The summed E-state index contributed by atoms with van der Waals surface area (Å²) in [6.07, 6.45) is 1.71. The van der Waals surface area contributed by atoms with Crippen molar-refractivity contribution in [3.05, 3.63) is 40.2 Å². The number of hydrogen-bond donors (Lipinski definition) is 1. The molecule has 0 fully saturated rings. The molecule has 0 radical (unpaired) electrons. The zero-order valence-electron chi connectivity index (χ0n) is 10.8. The van der Waals surface area contributed by atoms with Crippen LogP contribution in [0.25, 0.3) is 0 Å². The molecule has 1 aromatic carbocycles. The molecule has 0 saturated carbocycles. The molecule has 0 atom stereocenters. The van der Waals surface area contributed by atoms with Crippen molar-refractivity contribution in [2.24, 2.45) is 0 Å². The van der Waals surface area contributed by atoms with Crippen molar-refractivity contribution in [2.75, 3.05) is 18.7 Å². The Morgan fingerprint density at radius 1 is 1.53 bits per heavy atom. The second kappa shape index (κ2) is 6.81. The number of nitrogens with zero attached hydrogens (tertiary/aromatic N) is 1. The van der Waals surface area contributed by atoms with Crippen molar-refractivity contribution in [3.63, 3.8) is 0 Å². The molecule has 0 aliphatic rings. The Bertz CT molecular complexity index is 564.